The van der Waals surface area contributed by atoms with Crippen LogP contribution in [0.15, 0.2) is 30.6 Å². The highest BCUT2D eigenvalue weighted by molar-refractivity contribution is 5.89. The zero-order valence-corrected chi connectivity index (χ0v) is 17.5. The van der Waals surface area contributed by atoms with E-state index >= 15 is 0 Å². The summed E-state index contributed by atoms with van der Waals surface area (Å²) in [7, 11) is 3.96. The number of nitrogens with two attached hydrogens (primary N) is 1. The molecule has 2 aromatic heterocycles. The highest BCUT2D eigenvalue weighted by Gasteiger charge is 2.12. The number of pyridine rings is 1. The van der Waals surface area contributed by atoms with Crippen LogP contribution in [0.5, 0.6) is 0 Å². The van der Waals surface area contributed by atoms with Gasteiger partial charge in [0.25, 0.3) is 0 Å². The van der Waals surface area contributed by atoms with E-state index in [1.165, 1.54) is 0 Å². The molecule has 0 aliphatic heterocycles. The Labute approximate surface area is 171 Å². The molecule has 1 aromatic carbocycles. The van der Waals surface area contributed by atoms with Gasteiger partial charge in [-0.15, -0.1) is 0 Å². The Bertz CT molecular complexity index is 992. The lowest BCUT2D eigenvalue weighted by Gasteiger charge is -2.13. The Morgan fingerprint density at radius 2 is 1.90 bits per heavy atom. The van der Waals surface area contributed by atoms with Crippen molar-refractivity contribution in [2.45, 2.75) is 33.2 Å². The molecule has 0 saturated heterocycles. The number of carbonyl (C=O) groups is 1. The van der Waals surface area contributed by atoms with Crippen LogP contribution in [0.2, 0.25) is 0 Å². The van der Waals surface area contributed by atoms with Crippen molar-refractivity contribution >= 4 is 34.3 Å². The summed E-state index contributed by atoms with van der Waals surface area (Å²) in [5.41, 5.74) is 11.7. The maximum atomic E-state index is 12.0. The molecule has 0 saturated carbocycles. The fourth-order valence-electron chi connectivity index (χ4n) is 3.25. The van der Waals surface area contributed by atoms with Crippen molar-refractivity contribution in [3.63, 3.8) is 0 Å². The van der Waals surface area contributed by atoms with Crippen LogP contribution in [0.1, 0.15) is 24.1 Å². The van der Waals surface area contributed by atoms with Crippen LogP contribution in [0.25, 0.3) is 11.0 Å². The maximum absolute atomic E-state index is 12.0. The monoisotopic (exact) mass is 395 g/mol. The average molecular weight is 396 g/mol. The van der Waals surface area contributed by atoms with E-state index in [2.05, 4.69) is 25.2 Å². The minimum absolute atomic E-state index is 0.194. The molecule has 0 aliphatic rings. The number of urea groups is 1. The normalized spacial score (nSPS) is 10.9. The quantitative estimate of drug-likeness (QED) is 0.533. The van der Waals surface area contributed by atoms with Crippen molar-refractivity contribution in [1.82, 2.24) is 19.9 Å². The van der Waals surface area contributed by atoms with Crippen molar-refractivity contribution in [2.24, 2.45) is 0 Å². The van der Waals surface area contributed by atoms with Gasteiger partial charge in [-0.05, 0) is 56.5 Å². The number of nitrogens with one attached hydrogen (secondary N) is 2. The number of aromatic nitrogens is 3. The third-order valence-electron chi connectivity index (χ3n) is 5.02. The lowest BCUT2D eigenvalue weighted by atomic mass is 10.2. The summed E-state index contributed by atoms with van der Waals surface area (Å²) in [6.07, 6.45) is 3.60. The average Bonchev–Trinajstić information content (AvgIpc) is 3.11. The zero-order chi connectivity index (χ0) is 21.0. The summed E-state index contributed by atoms with van der Waals surface area (Å²) in [6.45, 7) is 5.42. The molecular formula is C21H29N7O. The Morgan fingerprint density at radius 1 is 1.17 bits per heavy atom. The molecule has 0 fully saturated rings. The molecule has 0 atom stereocenters. The first kappa shape index (κ1) is 20.4. The SMILES string of the molecule is Cc1nc(N)c2ncn(CCCCNC(=O)Nc3ccc(N(C)C)cc3)c2c1C. The molecule has 0 bridgehead atoms. The molecular weight excluding hydrogens is 366 g/mol. The zero-order valence-electron chi connectivity index (χ0n) is 17.5. The number of carbonyl (C=O) groups excluding carboxylic acids is 1. The van der Waals surface area contributed by atoms with Gasteiger partial charge in [0.15, 0.2) is 5.82 Å². The largest absolute Gasteiger partial charge is 0.382 e. The van der Waals surface area contributed by atoms with E-state index in [9.17, 15) is 4.79 Å². The molecule has 8 heteroatoms. The first-order valence-corrected chi connectivity index (χ1v) is 9.76. The van der Waals surface area contributed by atoms with Gasteiger partial charge in [0, 0.05) is 44.3 Å². The van der Waals surface area contributed by atoms with Crippen molar-refractivity contribution in [1.29, 1.82) is 0 Å². The number of hydrogen-bond donors (Lipinski definition) is 3. The van der Waals surface area contributed by atoms with Gasteiger partial charge in [-0.25, -0.2) is 14.8 Å². The summed E-state index contributed by atoms with van der Waals surface area (Å²) in [6, 6.07) is 7.53. The minimum Gasteiger partial charge on any atom is -0.382 e. The minimum atomic E-state index is -0.194. The van der Waals surface area contributed by atoms with Crippen molar-refractivity contribution in [3.8, 4) is 0 Å². The van der Waals surface area contributed by atoms with E-state index in [4.69, 9.17) is 5.73 Å². The lowest BCUT2D eigenvalue weighted by Crippen LogP contribution is -2.29. The smallest absolute Gasteiger partial charge is 0.319 e. The van der Waals surface area contributed by atoms with Crippen molar-refractivity contribution in [2.75, 3.05) is 36.6 Å². The van der Waals surface area contributed by atoms with Gasteiger partial charge in [0.2, 0.25) is 0 Å². The van der Waals surface area contributed by atoms with Gasteiger partial charge >= 0.3 is 6.03 Å². The Kier molecular flexibility index (Phi) is 6.21. The number of unbranched alkanes of at least 4 members (excludes halogenated alkanes) is 1. The highest BCUT2D eigenvalue weighted by atomic mass is 16.2. The van der Waals surface area contributed by atoms with E-state index < -0.39 is 0 Å². The second kappa shape index (κ2) is 8.81. The number of imidazole rings is 1. The van der Waals surface area contributed by atoms with Gasteiger partial charge < -0.3 is 25.8 Å². The molecule has 0 radical (unpaired) electrons. The predicted molar refractivity (Wildman–Crippen MR) is 118 cm³/mol. The molecule has 29 heavy (non-hydrogen) atoms. The molecule has 2 amide bonds. The van der Waals surface area contributed by atoms with Crippen LogP contribution in [-0.2, 0) is 6.54 Å². The van der Waals surface area contributed by atoms with Crippen LogP contribution in [0.3, 0.4) is 0 Å². The van der Waals surface area contributed by atoms with Crippen LogP contribution in [0, 0.1) is 13.8 Å². The van der Waals surface area contributed by atoms with E-state index in [1.807, 2.05) is 63.4 Å². The number of fused-ring (bicyclic) bond motifs is 1. The lowest BCUT2D eigenvalue weighted by molar-refractivity contribution is 0.252. The van der Waals surface area contributed by atoms with Crippen LogP contribution < -0.4 is 21.3 Å². The number of nitrogens with zero attached hydrogens (tertiary/aromatic N) is 4. The summed E-state index contributed by atoms with van der Waals surface area (Å²) in [5.74, 6) is 0.471. The number of hydrogen-bond acceptors (Lipinski definition) is 5. The van der Waals surface area contributed by atoms with E-state index in [-0.39, 0.29) is 6.03 Å². The summed E-state index contributed by atoms with van der Waals surface area (Å²) >= 11 is 0. The molecule has 3 aromatic rings. The fraction of sp³-hybridized carbons (Fsp3) is 0.381. The number of benzene rings is 1. The van der Waals surface area contributed by atoms with Gasteiger partial charge in [0.05, 0.1) is 11.8 Å². The molecule has 2 heterocycles. The summed E-state index contributed by atoms with van der Waals surface area (Å²) in [5, 5.41) is 5.75. The van der Waals surface area contributed by atoms with Gasteiger partial charge in [-0.1, -0.05) is 0 Å². The van der Waals surface area contributed by atoms with Gasteiger partial charge in [-0.2, -0.15) is 0 Å². The number of anilines is 3. The number of nitrogen functional groups attached to an aromatic ring is 1. The van der Waals surface area contributed by atoms with Gasteiger partial charge in [0.1, 0.15) is 5.52 Å². The maximum Gasteiger partial charge on any atom is 0.319 e. The summed E-state index contributed by atoms with van der Waals surface area (Å²) in [4.78, 5) is 22.8. The highest BCUT2D eigenvalue weighted by Crippen LogP contribution is 2.24. The first-order valence-electron chi connectivity index (χ1n) is 9.76. The van der Waals surface area contributed by atoms with Crippen LogP contribution in [-0.4, -0.2) is 41.2 Å². The second-order valence-electron chi connectivity index (χ2n) is 7.37. The Morgan fingerprint density at radius 3 is 2.59 bits per heavy atom. The molecule has 0 spiro atoms. The van der Waals surface area contributed by atoms with Crippen molar-refractivity contribution < 1.29 is 4.79 Å². The molecule has 8 nitrogen and oxygen atoms in total. The fourth-order valence-corrected chi connectivity index (χ4v) is 3.25. The van der Waals surface area contributed by atoms with E-state index in [0.717, 1.165) is 53.1 Å². The number of amides is 2. The summed E-state index contributed by atoms with van der Waals surface area (Å²) < 4.78 is 2.11. The first-order chi connectivity index (χ1) is 13.9. The van der Waals surface area contributed by atoms with E-state index in [1.54, 1.807) is 0 Å². The van der Waals surface area contributed by atoms with Crippen LogP contribution in [0.4, 0.5) is 22.0 Å². The molecule has 0 aliphatic carbocycles. The molecule has 4 N–H and O–H groups in total. The predicted octanol–water partition coefficient (Wildman–Crippen LogP) is 3.30. The van der Waals surface area contributed by atoms with E-state index in [0.29, 0.717) is 12.4 Å². The third-order valence-corrected chi connectivity index (χ3v) is 5.02. The third kappa shape index (κ3) is 4.77. The van der Waals surface area contributed by atoms with Gasteiger partial charge in [-0.3, -0.25) is 0 Å². The molecule has 3 rings (SSSR count). The second-order valence-corrected chi connectivity index (χ2v) is 7.37. The molecule has 0 unspecified atom stereocenters. The topological polar surface area (TPSA) is 101 Å². The number of rotatable bonds is 7. The Balaban J connectivity index is 1.45. The number of aryl methyl sites for hydroxylation is 3. The molecule has 154 valence electrons. The standard InChI is InChI=1S/C21H29N7O/c1-14-15(2)25-20(22)18-19(14)28(13-24-18)12-6-5-11-23-21(29)26-16-7-9-17(10-8-16)27(3)4/h7-10,13H,5-6,11-12H2,1-4H3,(H2,22,25)(H2,23,26,29). The van der Waals surface area contributed by atoms with Crippen molar-refractivity contribution in [3.05, 3.63) is 41.9 Å². The van der Waals surface area contributed by atoms with Crippen LogP contribution >= 0.6 is 0 Å². The Hall–Kier alpha value is -3.29.